The minimum atomic E-state index is -0.526. The number of benzene rings is 1. The standard InChI is InChI=1S/C14H21NO3/c1-10(9-16)11-7-5-6-8-12(11)15-13(17)18-14(2,3)4/h5-8,10,16H,9H2,1-4H3,(H,15,17). The smallest absolute Gasteiger partial charge is 0.412 e. The van der Waals surface area contributed by atoms with Crippen molar-refractivity contribution in [3.05, 3.63) is 29.8 Å². The SMILES string of the molecule is CC(CO)c1ccccc1NC(=O)OC(C)(C)C. The molecule has 1 aromatic carbocycles. The molecule has 0 aliphatic rings. The summed E-state index contributed by atoms with van der Waals surface area (Å²) in [5, 5.41) is 11.9. The fourth-order valence-corrected chi connectivity index (χ4v) is 1.55. The third kappa shape index (κ3) is 4.37. The molecule has 2 N–H and O–H groups in total. The van der Waals surface area contributed by atoms with E-state index in [1.165, 1.54) is 0 Å². The maximum absolute atomic E-state index is 11.7. The molecule has 18 heavy (non-hydrogen) atoms. The van der Waals surface area contributed by atoms with E-state index < -0.39 is 11.7 Å². The number of nitrogens with one attached hydrogen (secondary N) is 1. The zero-order valence-corrected chi connectivity index (χ0v) is 11.4. The van der Waals surface area contributed by atoms with E-state index in [0.717, 1.165) is 5.56 Å². The largest absolute Gasteiger partial charge is 0.444 e. The average Bonchev–Trinajstić information content (AvgIpc) is 2.26. The fourth-order valence-electron chi connectivity index (χ4n) is 1.55. The minimum Gasteiger partial charge on any atom is -0.444 e. The van der Waals surface area contributed by atoms with Crippen molar-refractivity contribution in [2.45, 2.75) is 39.2 Å². The molecule has 100 valence electrons. The van der Waals surface area contributed by atoms with E-state index in [0.29, 0.717) is 5.69 Å². The van der Waals surface area contributed by atoms with Gasteiger partial charge in [-0.3, -0.25) is 5.32 Å². The zero-order chi connectivity index (χ0) is 13.8. The third-order valence-corrected chi connectivity index (χ3v) is 2.40. The van der Waals surface area contributed by atoms with Crippen LogP contribution in [-0.4, -0.2) is 23.4 Å². The first kappa shape index (κ1) is 14.5. The van der Waals surface area contributed by atoms with Crippen molar-refractivity contribution in [1.82, 2.24) is 0 Å². The van der Waals surface area contributed by atoms with Crippen LogP contribution >= 0.6 is 0 Å². The maximum Gasteiger partial charge on any atom is 0.412 e. The quantitative estimate of drug-likeness (QED) is 0.867. The van der Waals surface area contributed by atoms with Crippen LogP contribution in [0.25, 0.3) is 0 Å². The molecule has 0 bridgehead atoms. The van der Waals surface area contributed by atoms with Crippen molar-refractivity contribution < 1.29 is 14.6 Å². The molecule has 1 aromatic rings. The van der Waals surface area contributed by atoms with E-state index in [2.05, 4.69) is 5.32 Å². The number of rotatable bonds is 3. The second kappa shape index (κ2) is 5.87. The lowest BCUT2D eigenvalue weighted by Crippen LogP contribution is -2.27. The molecule has 4 heteroatoms. The lowest BCUT2D eigenvalue weighted by molar-refractivity contribution is 0.0635. The van der Waals surface area contributed by atoms with Crippen LogP contribution in [0, 0.1) is 0 Å². The van der Waals surface area contributed by atoms with Gasteiger partial charge in [-0.25, -0.2) is 4.79 Å². The number of anilines is 1. The number of para-hydroxylation sites is 1. The monoisotopic (exact) mass is 251 g/mol. The molecule has 4 nitrogen and oxygen atoms in total. The first-order valence-corrected chi connectivity index (χ1v) is 6.03. The van der Waals surface area contributed by atoms with Gasteiger partial charge in [0.15, 0.2) is 0 Å². The predicted molar refractivity (Wildman–Crippen MR) is 71.8 cm³/mol. The first-order valence-electron chi connectivity index (χ1n) is 6.03. The fraction of sp³-hybridized carbons (Fsp3) is 0.500. The van der Waals surface area contributed by atoms with Crippen LogP contribution in [0.3, 0.4) is 0 Å². The summed E-state index contributed by atoms with van der Waals surface area (Å²) in [6, 6.07) is 7.39. The molecule has 1 atom stereocenters. The second-order valence-corrected chi connectivity index (χ2v) is 5.30. The summed E-state index contributed by atoms with van der Waals surface area (Å²) in [4.78, 5) is 11.7. The average molecular weight is 251 g/mol. The van der Waals surface area contributed by atoms with Crippen LogP contribution in [0.5, 0.6) is 0 Å². The van der Waals surface area contributed by atoms with Crippen molar-refractivity contribution in [3.63, 3.8) is 0 Å². The van der Waals surface area contributed by atoms with Crippen LogP contribution in [0.2, 0.25) is 0 Å². The van der Waals surface area contributed by atoms with E-state index in [9.17, 15) is 9.90 Å². The van der Waals surface area contributed by atoms with Crippen molar-refractivity contribution in [1.29, 1.82) is 0 Å². The summed E-state index contributed by atoms with van der Waals surface area (Å²) < 4.78 is 5.20. The van der Waals surface area contributed by atoms with Crippen LogP contribution < -0.4 is 5.32 Å². The van der Waals surface area contributed by atoms with Gasteiger partial charge in [-0.2, -0.15) is 0 Å². The summed E-state index contributed by atoms with van der Waals surface area (Å²) in [6.45, 7) is 7.38. The molecule has 0 aliphatic carbocycles. The number of aliphatic hydroxyl groups excluding tert-OH is 1. The van der Waals surface area contributed by atoms with Gasteiger partial charge in [0.2, 0.25) is 0 Å². The number of carbonyl (C=O) groups is 1. The predicted octanol–water partition coefficient (Wildman–Crippen LogP) is 3.13. The van der Waals surface area contributed by atoms with Crippen molar-refractivity contribution in [3.8, 4) is 0 Å². The second-order valence-electron chi connectivity index (χ2n) is 5.30. The van der Waals surface area contributed by atoms with Gasteiger partial charge in [-0.1, -0.05) is 25.1 Å². The number of amides is 1. The summed E-state index contributed by atoms with van der Waals surface area (Å²) >= 11 is 0. The number of ether oxygens (including phenoxy) is 1. The van der Waals surface area contributed by atoms with E-state index in [-0.39, 0.29) is 12.5 Å². The highest BCUT2D eigenvalue weighted by atomic mass is 16.6. The van der Waals surface area contributed by atoms with Crippen LogP contribution in [-0.2, 0) is 4.74 Å². The highest BCUT2D eigenvalue weighted by Crippen LogP contribution is 2.24. The third-order valence-electron chi connectivity index (χ3n) is 2.40. The Bertz CT molecular complexity index is 410. The van der Waals surface area contributed by atoms with Gasteiger partial charge in [0.1, 0.15) is 5.60 Å². The lowest BCUT2D eigenvalue weighted by Gasteiger charge is -2.21. The molecule has 0 heterocycles. The Balaban J connectivity index is 2.81. The Labute approximate surface area is 108 Å². The number of aliphatic hydroxyl groups is 1. The van der Waals surface area contributed by atoms with Crippen LogP contribution in [0.1, 0.15) is 39.2 Å². The van der Waals surface area contributed by atoms with Gasteiger partial charge in [-0.05, 0) is 32.4 Å². The van der Waals surface area contributed by atoms with Gasteiger partial charge >= 0.3 is 6.09 Å². The van der Waals surface area contributed by atoms with E-state index in [1.807, 2.05) is 45.9 Å². The molecule has 0 aromatic heterocycles. The van der Waals surface area contributed by atoms with Crippen molar-refractivity contribution in [2.75, 3.05) is 11.9 Å². The maximum atomic E-state index is 11.7. The normalized spacial score (nSPS) is 12.9. The summed E-state index contributed by atoms with van der Waals surface area (Å²) in [5.41, 5.74) is 1.04. The van der Waals surface area contributed by atoms with E-state index >= 15 is 0 Å². The van der Waals surface area contributed by atoms with Gasteiger partial charge in [0.25, 0.3) is 0 Å². The molecule has 0 saturated heterocycles. The van der Waals surface area contributed by atoms with E-state index in [1.54, 1.807) is 6.07 Å². The molecule has 1 amide bonds. The van der Waals surface area contributed by atoms with Crippen molar-refractivity contribution in [2.24, 2.45) is 0 Å². The summed E-state index contributed by atoms with van der Waals surface area (Å²) in [7, 11) is 0. The molecule has 0 radical (unpaired) electrons. The van der Waals surface area contributed by atoms with E-state index in [4.69, 9.17) is 4.74 Å². The minimum absolute atomic E-state index is 0.0314. The Kier molecular flexibility index (Phi) is 4.73. The Morgan fingerprint density at radius 3 is 2.56 bits per heavy atom. The molecule has 0 aliphatic heterocycles. The van der Waals surface area contributed by atoms with Gasteiger partial charge in [0.05, 0.1) is 0 Å². The van der Waals surface area contributed by atoms with Crippen LogP contribution in [0.15, 0.2) is 24.3 Å². The van der Waals surface area contributed by atoms with Gasteiger partial charge < -0.3 is 9.84 Å². The Hall–Kier alpha value is -1.55. The number of hydrogen-bond donors (Lipinski definition) is 2. The highest BCUT2D eigenvalue weighted by Gasteiger charge is 2.18. The molecular formula is C14H21NO3. The summed E-state index contributed by atoms with van der Waals surface area (Å²) in [5.74, 6) is -0.0314. The zero-order valence-electron chi connectivity index (χ0n) is 11.4. The molecule has 0 saturated carbocycles. The Morgan fingerprint density at radius 2 is 2.00 bits per heavy atom. The van der Waals surface area contributed by atoms with Gasteiger partial charge in [-0.15, -0.1) is 0 Å². The molecular weight excluding hydrogens is 230 g/mol. The molecule has 1 unspecified atom stereocenters. The number of carbonyl (C=O) groups excluding carboxylic acids is 1. The molecule has 0 spiro atoms. The van der Waals surface area contributed by atoms with Crippen LogP contribution in [0.4, 0.5) is 10.5 Å². The summed E-state index contributed by atoms with van der Waals surface area (Å²) in [6.07, 6.45) is -0.486. The first-order chi connectivity index (χ1) is 8.33. The Morgan fingerprint density at radius 1 is 1.39 bits per heavy atom. The number of hydrogen-bond acceptors (Lipinski definition) is 3. The topological polar surface area (TPSA) is 58.6 Å². The molecule has 0 fully saturated rings. The lowest BCUT2D eigenvalue weighted by atomic mass is 10.0. The van der Waals surface area contributed by atoms with Crippen molar-refractivity contribution >= 4 is 11.8 Å². The molecule has 1 rings (SSSR count). The van der Waals surface area contributed by atoms with Gasteiger partial charge in [0, 0.05) is 18.2 Å². The highest BCUT2D eigenvalue weighted by molar-refractivity contribution is 5.86.